The van der Waals surface area contributed by atoms with Crippen molar-refractivity contribution in [3.63, 3.8) is 0 Å². The van der Waals surface area contributed by atoms with Gasteiger partial charge in [0.1, 0.15) is 19.8 Å². The van der Waals surface area contributed by atoms with Crippen LogP contribution in [0.1, 0.15) is 11.4 Å². The van der Waals surface area contributed by atoms with Gasteiger partial charge in [-0.2, -0.15) is 25.2 Å². The van der Waals surface area contributed by atoms with Crippen LogP contribution in [0.15, 0.2) is 34.5 Å². The monoisotopic (exact) mass is 427 g/mol. The van der Waals surface area contributed by atoms with Gasteiger partial charge in [0.25, 0.3) is 0 Å². The summed E-state index contributed by atoms with van der Waals surface area (Å²) in [6.45, 7) is 6.42. The first-order valence-corrected chi connectivity index (χ1v) is 10.2. The van der Waals surface area contributed by atoms with Crippen molar-refractivity contribution in [3.8, 4) is 6.01 Å². The third-order valence-electron chi connectivity index (χ3n) is 4.78. The zero-order valence-electron chi connectivity index (χ0n) is 17.4. The van der Waals surface area contributed by atoms with E-state index in [0.717, 1.165) is 11.3 Å². The molecule has 1 aromatic heterocycles. The molecule has 0 atom stereocenters. The fraction of sp³-hybridized carbons (Fsp3) is 0.500. The normalized spacial score (nSPS) is 16.7. The number of cyclic esters (lactones) is 1. The van der Waals surface area contributed by atoms with Gasteiger partial charge in [-0.15, -0.1) is 0 Å². The smallest absolute Gasteiger partial charge is 0.410 e. The highest BCUT2D eigenvalue weighted by Gasteiger charge is 2.22. The van der Waals surface area contributed by atoms with Crippen LogP contribution in [0, 0.1) is 6.92 Å². The molecule has 0 unspecified atom stereocenters. The number of aryl methyl sites for hydroxylation is 1. The fourth-order valence-corrected chi connectivity index (χ4v) is 3.17. The van der Waals surface area contributed by atoms with Crippen LogP contribution in [0.25, 0.3) is 0 Å². The van der Waals surface area contributed by atoms with Crippen molar-refractivity contribution in [3.05, 3.63) is 35.7 Å². The van der Waals surface area contributed by atoms with Crippen molar-refractivity contribution >= 4 is 17.7 Å². The minimum Gasteiger partial charge on any atom is -0.461 e. The second-order valence-electron chi connectivity index (χ2n) is 7.12. The van der Waals surface area contributed by atoms with Crippen LogP contribution in [0.3, 0.4) is 0 Å². The van der Waals surface area contributed by atoms with E-state index in [1.807, 2.05) is 36.1 Å². The maximum atomic E-state index is 11.6. The molecule has 0 bridgehead atoms. The number of nitrogens with zero attached hydrogens (tertiary/aromatic N) is 7. The maximum absolute atomic E-state index is 11.6. The third-order valence-corrected chi connectivity index (χ3v) is 4.78. The number of hydrogen-bond donors (Lipinski definition) is 0. The summed E-state index contributed by atoms with van der Waals surface area (Å²) >= 11 is 0. The molecule has 2 saturated heterocycles. The summed E-state index contributed by atoms with van der Waals surface area (Å²) in [5.74, 6) is 0.984. The van der Waals surface area contributed by atoms with E-state index >= 15 is 0 Å². The van der Waals surface area contributed by atoms with Gasteiger partial charge in [0.2, 0.25) is 5.95 Å². The molecule has 164 valence electrons. The number of carbonyl (C=O) groups is 1. The molecule has 0 spiro atoms. The Bertz CT molecular complexity index is 933. The van der Waals surface area contributed by atoms with Gasteiger partial charge in [-0.1, -0.05) is 12.1 Å². The number of carbonyl (C=O) groups excluding carboxylic acids is 1. The fourth-order valence-electron chi connectivity index (χ4n) is 3.17. The second-order valence-corrected chi connectivity index (χ2v) is 7.12. The summed E-state index contributed by atoms with van der Waals surface area (Å²) in [6, 6.07) is 7.98. The molecule has 11 heteroatoms. The molecule has 4 rings (SSSR count). The Labute approximate surface area is 180 Å². The van der Waals surface area contributed by atoms with E-state index in [1.165, 1.54) is 0 Å². The number of benzene rings is 1. The zero-order chi connectivity index (χ0) is 21.5. The summed E-state index contributed by atoms with van der Waals surface area (Å²) in [6.07, 6.45) is -0.328. The summed E-state index contributed by atoms with van der Waals surface area (Å²) in [5, 5.41) is 8.49. The van der Waals surface area contributed by atoms with Crippen molar-refractivity contribution in [1.82, 2.24) is 19.9 Å². The predicted molar refractivity (Wildman–Crippen MR) is 111 cm³/mol. The predicted octanol–water partition coefficient (Wildman–Crippen LogP) is 2.13. The molecule has 0 saturated carbocycles. The van der Waals surface area contributed by atoms with Gasteiger partial charge >= 0.3 is 12.1 Å². The number of ether oxygens (including phenoxy) is 3. The van der Waals surface area contributed by atoms with Crippen molar-refractivity contribution in [2.75, 3.05) is 57.5 Å². The molecule has 0 radical (unpaired) electrons. The average Bonchev–Trinajstić information content (AvgIpc) is 3.19. The first kappa shape index (κ1) is 20.9. The summed E-state index contributed by atoms with van der Waals surface area (Å²) < 4.78 is 16.1. The van der Waals surface area contributed by atoms with E-state index in [1.54, 1.807) is 4.90 Å². The van der Waals surface area contributed by atoms with Gasteiger partial charge in [0, 0.05) is 13.1 Å². The Kier molecular flexibility index (Phi) is 6.82. The minimum atomic E-state index is -0.328. The Morgan fingerprint density at radius 3 is 2.77 bits per heavy atom. The Morgan fingerprint density at radius 1 is 1.13 bits per heavy atom. The molecular formula is C20H25N7O4. The third kappa shape index (κ3) is 5.85. The van der Waals surface area contributed by atoms with Crippen molar-refractivity contribution in [2.24, 2.45) is 10.2 Å². The lowest BCUT2D eigenvalue weighted by atomic mass is 10.2. The first-order valence-electron chi connectivity index (χ1n) is 10.2. The van der Waals surface area contributed by atoms with Crippen LogP contribution < -0.4 is 9.64 Å². The molecule has 11 nitrogen and oxygen atoms in total. The Morgan fingerprint density at radius 2 is 2.00 bits per heavy atom. The van der Waals surface area contributed by atoms with Crippen LogP contribution in [0.4, 0.5) is 16.4 Å². The zero-order valence-corrected chi connectivity index (χ0v) is 17.4. The van der Waals surface area contributed by atoms with Crippen LogP contribution in [-0.4, -0.2) is 78.6 Å². The number of anilines is 1. The highest BCUT2D eigenvalue weighted by molar-refractivity contribution is 5.69. The van der Waals surface area contributed by atoms with Crippen LogP contribution >= 0.6 is 0 Å². The van der Waals surface area contributed by atoms with Gasteiger partial charge in [0.15, 0.2) is 5.82 Å². The number of rotatable bonds is 8. The van der Waals surface area contributed by atoms with E-state index in [2.05, 4.69) is 25.2 Å². The molecule has 2 aromatic rings. The molecule has 3 heterocycles. The highest BCUT2D eigenvalue weighted by atomic mass is 16.6. The molecule has 2 aliphatic rings. The summed E-state index contributed by atoms with van der Waals surface area (Å²) in [4.78, 5) is 28.5. The number of azo groups is 1. The van der Waals surface area contributed by atoms with Gasteiger partial charge in [-0.05, 0) is 24.6 Å². The van der Waals surface area contributed by atoms with Crippen molar-refractivity contribution < 1.29 is 19.0 Å². The molecule has 0 N–H and O–H groups in total. The topological polar surface area (TPSA) is 115 Å². The van der Waals surface area contributed by atoms with Crippen molar-refractivity contribution in [1.29, 1.82) is 0 Å². The molecule has 0 aliphatic carbocycles. The van der Waals surface area contributed by atoms with E-state index in [0.29, 0.717) is 57.8 Å². The van der Waals surface area contributed by atoms with Gasteiger partial charge in [-0.25, -0.2) is 4.79 Å². The lowest BCUT2D eigenvalue weighted by Crippen LogP contribution is -2.37. The summed E-state index contributed by atoms with van der Waals surface area (Å²) in [5.41, 5.74) is 1.89. The first-order chi connectivity index (χ1) is 15.2. The lowest BCUT2D eigenvalue weighted by Gasteiger charge is -2.26. The molecule has 1 aromatic carbocycles. The Balaban J connectivity index is 1.45. The number of amides is 1. The van der Waals surface area contributed by atoms with Gasteiger partial charge < -0.3 is 24.0 Å². The largest absolute Gasteiger partial charge is 0.461 e. The van der Waals surface area contributed by atoms with Gasteiger partial charge in [-0.3, -0.25) is 0 Å². The average molecular weight is 427 g/mol. The Hall–Kier alpha value is -3.34. The van der Waals surface area contributed by atoms with Gasteiger partial charge in [0.05, 0.1) is 32.0 Å². The molecule has 1 amide bonds. The van der Waals surface area contributed by atoms with E-state index < -0.39 is 0 Å². The van der Waals surface area contributed by atoms with Crippen LogP contribution in [0.5, 0.6) is 6.01 Å². The van der Waals surface area contributed by atoms with E-state index in [-0.39, 0.29) is 25.3 Å². The van der Waals surface area contributed by atoms with Crippen molar-refractivity contribution in [2.45, 2.75) is 13.5 Å². The highest BCUT2D eigenvalue weighted by Crippen LogP contribution is 2.17. The lowest BCUT2D eigenvalue weighted by molar-refractivity contribution is 0.121. The maximum Gasteiger partial charge on any atom is 0.410 e. The molecule has 31 heavy (non-hydrogen) atoms. The van der Waals surface area contributed by atoms with Crippen LogP contribution in [0.2, 0.25) is 0 Å². The van der Waals surface area contributed by atoms with E-state index in [9.17, 15) is 4.79 Å². The number of hydrogen-bond acceptors (Lipinski definition) is 10. The van der Waals surface area contributed by atoms with E-state index in [4.69, 9.17) is 14.2 Å². The minimum absolute atomic E-state index is 0.197. The molecule has 2 aliphatic heterocycles. The SMILES string of the molecule is Cc1cccc(N=NCc2nc(OCCN3CCOC3=O)nc(N3CCOCC3)n2)c1. The summed E-state index contributed by atoms with van der Waals surface area (Å²) in [7, 11) is 0. The second kappa shape index (κ2) is 10.1. The number of morpholine rings is 1. The molecular weight excluding hydrogens is 402 g/mol. The quantitative estimate of drug-likeness (QED) is 0.589. The number of aromatic nitrogens is 3. The molecule has 2 fully saturated rings. The standard InChI is InChI=1S/C20H25N7O4/c1-15-3-2-4-16(13-15)25-21-14-17-22-18(26-5-9-29-10-6-26)24-19(23-17)30-11-7-27-8-12-31-20(27)28/h2-4,13H,5-12,14H2,1H3. The van der Waals surface area contributed by atoms with Crippen LogP contribution in [-0.2, 0) is 16.0 Å².